The third-order valence-electron chi connectivity index (χ3n) is 5.71. The molecule has 2 rings (SSSR count). The summed E-state index contributed by atoms with van der Waals surface area (Å²) < 4.78 is 5.30. The SMILES string of the molecule is C/C=C/[C@H]1CC[C@H](CC[C@H]2CC[C@H](COC)CC2)CC1. The van der Waals surface area contributed by atoms with Crippen LogP contribution < -0.4 is 0 Å². The highest BCUT2D eigenvalue weighted by Gasteiger charge is 2.23. The van der Waals surface area contributed by atoms with E-state index >= 15 is 0 Å². The number of hydrogen-bond acceptors (Lipinski definition) is 1. The van der Waals surface area contributed by atoms with Gasteiger partial charge in [-0.1, -0.05) is 37.8 Å². The van der Waals surface area contributed by atoms with E-state index in [9.17, 15) is 0 Å². The molecule has 0 bridgehead atoms. The number of allylic oxidation sites excluding steroid dienone is 2. The third kappa shape index (κ3) is 5.24. The van der Waals surface area contributed by atoms with Crippen LogP contribution in [0.25, 0.3) is 0 Å². The van der Waals surface area contributed by atoms with Crippen molar-refractivity contribution in [1.82, 2.24) is 0 Å². The van der Waals surface area contributed by atoms with Crippen LogP contribution in [-0.2, 0) is 4.74 Å². The molecule has 20 heavy (non-hydrogen) atoms. The summed E-state index contributed by atoms with van der Waals surface area (Å²) in [6.45, 7) is 3.15. The first kappa shape index (κ1) is 16.1. The average Bonchev–Trinajstić information content (AvgIpc) is 2.49. The normalized spacial score (nSPS) is 35.5. The lowest BCUT2D eigenvalue weighted by Crippen LogP contribution is -2.19. The molecule has 2 saturated carbocycles. The summed E-state index contributed by atoms with van der Waals surface area (Å²) in [5, 5.41) is 0. The first-order valence-electron chi connectivity index (χ1n) is 8.93. The lowest BCUT2D eigenvalue weighted by atomic mass is 9.75. The molecule has 0 radical (unpaired) electrons. The average molecular weight is 278 g/mol. The molecular formula is C19H34O. The minimum atomic E-state index is 0.854. The Morgan fingerprint density at radius 1 is 0.800 bits per heavy atom. The summed E-state index contributed by atoms with van der Waals surface area (Å²) in [7, 11) is 1.84. The second-order valence-electron chi connectivity index (χ2n) is 7.23. The van der Waals surface area contributed by atoms with E-state index < -0.39 is 0 Å². The van der Waals surface area contributed by atoms with E-state index in [-0.39, 0.29) is 0 Å². The van der Waals surface area contributed by atoms with Crippen LogP contribution >= 0.6 is 0 Å². The van der Waals surface area contributed by atoms with E-state index in [1.54, 1.807) is 0 Å². The van der Waals surface area contributed by atoms with E-state index in [1.807, 2.05) is 7.11 Å². The minimum absolute atomic E-state index is 0.854. The molecule has 1 nitrogen and oxygen atoms in total. The molecule has 2 aliphatic carbocycles. The molecule has 0 N–H and O–H groups in total. The van der Waals surface area contributed by atoms with Crippen LogP contribution in [0, 0.1) is 23.7 Å². The minimum Gasteiger partial charge on any atom is -0.384 e. The zero-order valence-corrected chi connectivity index (χ0v) is 13.7. The van der Waals surface area contributed by atoms with E-state index in [0.717, 1.165) is 30.3 Å². The van der Waals surface area contributed by atoms with Crippen molar-refractivity contribution in [3.8, 4) is 0 Å². The molecule has 0 atom stereocenters. The Labute approximate surface area is 126 Å². The molecule has 0 aliphatic heterocycles. The van der Waals surface area contributed by atoms with Gasteiger partial charge in [-0.3, -0.25) is 0 Å². The van der Waals surface area contributed by atoms with E-state index in [0.29, 0.717) is 0 Å². The highest BCUT2D eigenvalue weighted by molar-refractivity contribution is 4.89. The van der Waals surface area contributed by atoms with Crippen LogP contribution in [0.1, 0.15) is 71.1 Å². The number of methoxy groups -OCH3 is 1. The van der Waals surface area contributed by atoms with Gasteiger partial charge >= 0.3 is 0 Å². The van der Waals surface area contributed by atoms with E-state index in [4.69, 9.17) is 4.74 Å². The second kappa shape index (κ2) is 8.87. The van der Waals surface area contributed by atoms with Crippen LogP contribution in [0.2, 0.25) is 0 Å². The smallest absolute Gasteiger partial charge is 0.0490 e. The molecule has 0 aromatic rings. The van der Waals surface area contributed by atoms with Gasteiger partial charge in [0.1, 0.15) is 0 Å². The lowest BCUT2D eigenvalue weighted by molar-refractivity contribution is 0.115. The van der Waals surface area contributed by atoms with Gasteiger partial charge in [0, 0.05) is 13.7 Å². The zero-order chi connectivity index (χ0) is 14.2. The molecule has 2 aliphatic rings. The van der Waals surface area contributed by atoms with Gasteiger partial charge in [-0.15, -0.1) is 0 Å². The molecular weight excluding hydrogens is 244 g/mol. The molecule has 1 heteroatoms. The fraction of sp³-hybridized carbons (Fsp3) is 0.895. The summed E-state index contributed by atoms with van der Waals surface area (Å²) >= 11 is 0. The Bertz CT molecular complexity index is 267. The highest BCUT2D eigenvalue weighted by Crippen LogP contribution is 2.36. The first-order valence-corrected chi connectivity index (χ1v) is 8.93. The largest absolute Gasteiger partial charge is 0.384 e. The number of rotatable bonds is 6. The van der Waals surface area contributed by atoms with Crippen LogP contribution in [0.4, 0.5) is 0 Å². The summed E-state index contributed by atoms with van der Waals surface area (Å²) in [6, 6.07) is 0. The fourth-order valence-electron chi connectivity index (χ4n) is 4.34. The Balaban J connectivity index is 1.58. The summed E-state index contributed by atoms with van der Waals surface area (Å²) in [5.41, 5.74) is 0. The predicted octanol–water partition coefficient (Wildman–Crippen LogP) is 5.60. The Kier molecular flexibility index (Phi) is 7.13. The predicted molar refractivity (Wildman–Crippen MR) is 86.8 cm³/mol. The van der Waals surface area contributed by atoms with Crippen LogP contribution in [-0.4, -0.2) is 13.7 Å². The topological polar surface area (TPSA) is 9.23 Å². The van der Waals surface area contributed by atoms with Crippen molar-refractivity contribution < 1.29 is 4.74 Å². The first-order chi connectivity index (χ1) is 9.81. The van der Waals surface area contributed by atoms with Crippen molar-refractivity contribution in [1.29, 1.82) is 0 Å². The maximum Gasteiger partial charge on any atom is 0.0490 e. The Morgan fingerprint density at radius 2 is 1.30 bits per heavy atom. The monoisotopic (exact) mass is 278 g/mol. The van der Waals surface area contributed by atoms with E-state index in [2.05, 4.69) is 19.1 Å². The maximum absolute atomic E-state index is 5.30. The Hall–Kier alpha value is -0.300. The molecule has 0 amide bonds. The van der Waals surface area contributed by atoms with Crippen molar-refractivity contribution in [3.05, 3.63) is 12.2 Å². The fourth-order valence-corrected chi connectivity index (χ4v) is 4.34. The third-order valence-corrected chi connectivity index (χ3v) is 5.71. The Morgan fingerprint density at radius 3 is 1.80 bits per heavy atom. The van der Waals surface area contributed by atoms with Crippen LogP contribution in [0.15, 0.2) is 12.2 Å². The van der Waals surface area contributed by atoms with Gasteiger partial charge in [0.25, 0.3) is 0 Å². The summed E-state index contributed by atoms with van der Waals surface area (Å²) in [4.78, 5) is 0. The molecule has 0 saturated heterocycles. The van der Waals surface area contributed by atoms with Crippen molar-refractivity contribution in [2.24, 2.45) is 23.7 Å². The van der Waals surface area contributed by atoms with Crippen molar-refractivity contribution in [2.75, 3.05) is 13.7 Å². The maximum atomic E-state index is 5.30. The van der Waals surface area contributed by atoms with Crippen molar-refractivity contribution in [3.63, 3.8) is 0 Å². The quantitative estimate of drug-likeness (QED) is 0.574. The number of ether oxygens (including phenoxy) is 1. The van der Waals surface area contributed by atoms with Crippen LogP contribution in [0.5, 0.6) is 0 Å². The van der Waals surface area contributed by atoms with Gasteiger partial charge in [0.15, 0.2) is 0 Å². The standard InChI is InChI=1S/C19H34O/c1-3-4-16-5-7-17(8-6-16)9-10-18-11-13-19(14-12-18)15-20-2/h3-4,16-19H,5-15H2,1-2H3/b4-3+/t16-,17-,18-,19-. The molecule has 0 aromatic heterocycles. The van der Waals surface area contributed by atoms with Crippen LogP contribution in [0.3, 0.4) is 0 Å². The van der Waals surface area contributed by atoms with Gasteiger partial charge in [-0.05, 0) is 69.1 Å². The van der Waals surface area contributed by atoms with E-state index in [1.165, 1.54) is 64.2 Å². The molecule has 2 fully saturated rings. The molecule has 0 spiro atoms. The van der Waals surface area contributed by atoms with Gasteiger partial charge < -0.3 is 4.74 Å². The summed E-state index contributed by atoms with van der Waals surface area (Å²) in [5.74, 6) is 3.80. The molecule has 116 valence electrons. The zero-order valence-electron chi connectivity index (χ0n) is 13.7. The summed E-state index contributed by atoms with van der Waals surface area (Å²) in [6.07, 6.45) is 19.2. The molecule has 0 heterocycles. The second-order valence-corrected chi connectivity index (χ2v) is 7.23. The highest BCUT2D eigenvalue weighted by atomic mass is 16.5. The van der Waals surface area contributed by atoms with Crippen molar-refractivity contribution >= 4 is 0 Å². The van der Waals surface area contributed by atoms with Gasteiger partial charge in [-0.2, -0.15) is 0 Å². The van der Waals surface area contributed by atoms with Gasteiger partial charge in [-0.25, -0.2) is 0 Å². The number of hydrogen-bond donors (Lipinski definition) is 0. The van der Waals surface area contributed by atoms with Gasteiger partial charge in [0.2, 0.25) is 0 Å². The lowest BCUT2D eigenvalue weighted by Gasteiger charge is -2.31. The van der Waals surface area contributed by atoms with Crippen molar-refractivity contribution in [2.45, 2.75) is 71.1 Å². The molecule has 0 unspecified atom stereocenters. The molecule has 0 aromatic carbocycles. The van der Waals surface area contributed by atoms with Gasteiger partial charge in [0.05, 0.1) is 0 Å².